The number of benzene rings is 1. The molecular weight excluding hydrogens is 285 g/mol. The first kappa shape index (κ1) is 14.3. The van der Waals surface area contributed by atoms with Crippen LogP contribution in [0.5, 0.6) is 0 Å². The summed E-state index contributed by atoms with van der Waals surface area (Å²) in [5.41, 5.74) is 6.44. The van der Waals surface area contributed by atoms with E-state index < -0.39 is 0 Å². The van der Waals surface area contributed by atoms with E-state index in [9.17, 15) is 0 Å². The molecule has 2 rings (SSSR count). The maximum Gasteiger partial charge on any atom is 0.228 e. The summed E-state index contributed by atoms with van der Waals surface area (Å²) >= 11 is 12.0. The summed E-state index contributed by atoms with van der Waals surface area (Å²) < 4.78 is 5.17. The highest BCUT2D eigenvalue weighted by Gasteiger charge is 2.17. The third-order valence-electron chi connectivity index (χ3n) is 2.48. The summed E-state index contributed by atoms with van der Waals surface area (Å²) in [6.45, 7) is 3.82. The monoisotopic (exact) mass is 299 g/mol. The van der Waals surface area contributed by atoms with Gasteiger partial charge in [-0.3, -0.25) is 0 Å². The predicted molar refractivity (Wildman–Crippen MR) is 75.5 cm³/mol. The maximum absolute atomic E-state index is 6.10. The molecule has 6 heteroatoms. The third-order valence-corrected chi connectivity index (χ3v) is 3.07. The van der Waals surface area contributed by atoms with Crippen molar-refractivity contribution < 1.29 is 4.52 Å². The molecule has 0 atom stereocenters. The van der Waals surface area contributed by atoms with Crippen LogP contribution in [0.4, 0.5) is 0 Å². The van der Waals surface area contributed by atoms with Crippen LogP contribution in [0.1, 0.15) is 31.1 Å². The molecule has 0 spiro atoms. The number of hydrogen-bond donors (Lipinski definition) is 1. The van der Waals surface area contributed by atoms with Gasteiger partial charge >= 0.3 is 0 Å². The molecule has 0 bridgehead atoms. The first-order valence-electron chi connectivity index (χ1n) is 5.88. The van der Waals surface area contributed by atoms with Crippen molar-refractivity contribution in [2.24, 2.45) is 5.73 Å². The van der Waals surface area contributed by atoms with Crippen LogP contribution in [0.3, 0.4) is 0 Å². The Kier molecular flexibility index (Phi) is 4.13. The Morgan fingerprint density at radius 1 is 1.32 bits per heavy atom. The third kappa shape index (κ3) is 4.20. The fraction of sp³-hybridized carbons (Fsp3) is 0.385. The molecule has 1 aromatic heterocycles. The van der Waals surface area contributed by atoms with Crippen LogP contribution < -0.4 is 5.73 Å². The van der Waals surface area contributed by atoms with E-state index in [0.717, 1.165) is 5.56 Å². The Morgan fingerprint density at radius 3 is 2.68 bits per heavy atom. The number of nitrogens with two attached hydrogens (primary N) is 1. The smallest absolute Gasteiger partial charge is 0.228 e. The van der Waals surface area contributed by atoms with E-state index in [2.05, 4.69) is 10.1 Å². The standard InChI is InChI=1S/C13H15Cl2N3O/c1-13(2,16)7-12-17-11(18-19-12)5-8-3-4-9(14)6-10(8)15/h3-4,6H,5,7,16H2,1-2H3. The molecule has 0 saturated carbocycles. The van der Waals surface area contributed by atoms with E-state index in [0.29, 0.717) is 34.6 Å². The maximum atomic E-state index is 6.10. The van der Waals surface area contributed by atoms with Crippen LogP contribution in [-0.4, -0.2) is 15.7 Å². The van der Waals surface area contributed by atoms with E-state index >= 15 is 0 Å². The quantitative estimate of drug-likeness (QED) is 0.941. The molecule has 0 aliphatic rings. The zero-order valence-electron chi connectivity index (χ0n) is 10.8. The minimum atomic E-state index is -0.373. The molecule has 1 heterocycles. The highest BCUT2D eigenvalue weighted by Crippen LogP contribution is 2.22. The molecule has 0 unspecified atom stereocenters. The molecule has 102 valence electrons. The SMILES string of the molecule is CC(C)(N)Cc1nc(Cc2ccc(Cl)cc2Cl)no1. The summed E-state index contributed by atoms with van der Waals surface area (Å²) in [4.78, 5) is 4.31. The lowest BCUT2D eigenvalue weighted by Gasteiger charge is -2.14. The van der Waals surface area contributed by atoms with E-state index in [-0.39, 0.29) is 5.54 Å². The molecule has 19 heavy (non-hydrogen) atoms. The van der Waals surface area contributed by atoms with Crippen molar-refractivity contribution in [3.63, 3.8) is 0 Å². The fourth-order valence-corrected chi connectivity index (χ4v) is 2.13. The Bertz CT molecular complexity index is 576. The number of nitrogens with zero attached hydrogens (tertiary/aromatic N) is 2. The van der Waals surface area contributed by atoms with Crippen molar-refractivity contribution >= 4 is 23.2 Å². The van der Waals surface area contributed by atoms with E-state index in [4.69, 9.17) is 33.5 Å². The van der Waals surface area contributed by atoms with Crippen LogP contribution >= 0.6 is 23.2 Å². The zero-order chi connectivity index (χ0) is 14.0. The molecule has 0 saturated heterocycles. The van der Waals surface area contributed by atoms with E-state index in [1.165, 1.54) is 0 Å². The van der Waals surface area contributed by atoms with Crippen LogP contribution in [0.2, 0.25) is 10.0 Å². The predicted octanol–water partition coefficient (Wildman–Crippen LogP) is 3.25. The minimum Gasteiger partial charge on any atom is -0.339 e. The molecular formula is C13H15Cl2N3O. The van der Waals surface area contributed by atoms with Gasteiger partial charge in [0.2, 0.25) is 5.89 Å². The highest BCUT2D eigenvalue weighted by molar-refractivity contribution is 6.35. The Labute approximate surface area is 121 Å². The summed E-state index contributed by atoms with van der Waals surface area (Å²) in [5.74, 6) is 1.12. The van der Waals surface area contributed by atoms with Gasteiger partial charge in [0.1, 0.15) is 0 Å². The average Bonchev–Trinajstić information content (AvgIpc) is 2.67. The molecule has 1 aromatic carbocycles. The Balaban J connectivity index is 2.11. The van der Waals surface area contributed by atoms with Crippen LogP contribution in [0, 0.1) is 0 Å². The van der Waals surface area contributed by atoms with Gasteiger partial charge in [0.25, 0.3) is 0 Å². The normalized spacial score (nSPS) is 11.8. The molecule has 0 aliphatic carbocycles. The highest BCUT2D eigenvalue weighted by atomic mass is 35.5. The fourth-order valence-electron chi connectivity index (χ4n) is 1.66. The van der Waals surface area contributed by atoms with E-state index in [1.807, 2.05) is 19.9 Å². The topological polar surface area (TPSA) is 64.9 Å². The molecule has 0 radical (unpaired) electrons. The van der Waals surface area contributed by atoms with Gasteiger partial charge in [-0.15, -0.1) is 0 Å². The van der Waals surface area contributed by atoms with Crippen molar-refractivity contribution in [1.82, 2.24) is 10.1 Å². The van der Waals surface area contributed by atoms with Gasteiger partial charge in [0, 0.05) is 28.4 Å². The molecule has 4 nitrogen and oxygen atoms in total. The second-order valence-electron chi connectivity index (χ2n) is 5.18. The number of aromatic nitrogens is 2. The van der Waals surface area contributed by atoms with Crippen LogP contribution in [0.15, 0.2) is 22.7 Å². The minimum absolute atomic E-state index is 0.373. The molecule has 0 aliphatic heterocycles. The first-order chi connectivity index (χ1) is 8.83. The molecule has 0 fully saturated rings. The second-order valence-corrected chi connectivity index (χ2v) is 6.03. The van der Waals surface area contributed by atoms with Gasteiger partial charge in [-0.25, -0.2) is 0 Å². The first-order valence-corrected chi connectivity index (χ1v) is 6.63. The Morgan fingerprint density at radius 2 is 2.05 bits per heavy atom. The summed E-state index contributed by atoms with van der Waals surface area (Å²) in [5, 5.41) is 5.13. The summed E-state index contributed by atoms with van der Waals surface area (Å²) in [6, 6.07) is 5.34. The van der Waals surface area contributed by atoms with Gasteiger partial charge in [-0.1, -0.05) is 34.4 Å². The van der Waals surface area contributed by atoms with Crippen molar-refractivity contribution in [1.29, 1.82) is 0 Å². The van der Waals surface area contributed by atoms with Crippen molar-refractivity contribution in [3.05, 3.63) is 45.5 Å². The number of rotatable bonds is 4. The van der Waals surface area contributed by atoms with Crippen LogP contribution in [-0.2, 0) is 12.8 Å². The summed E-state index contributed by atoms with van der Waals surface area (Å²) in [7, 11) is 0. The van der Waals surface area contributed by atoms with Crippen molar-refractivity contribution in [3.8, 4) is 0 Å². The van der Waals surface area contributed by atoms with Gasteiger partial charge in [-0.2, -0.15) is 4.98 Å². The molecule has 0 amide bonds. The average molecular weight is 300 g/mol. The van der Waals surface area contributed by atoms with Gasteiger partial charge in [0.15, 0.2) is 5.82 Å². The summed E-state index contributed by atoms with van der Waals surface area (Å²) in [6.07, 6.45) is 1.04. The van der Waals surface area contributed by atoms with Crippen molar-refractivity contribution in [2.45, 2.75) is 32.2 Å². The Hall–Kier alpha value is -1.10. The van der Waals surface area contributed by atoms with Gasteiger partial charge < -0.3 is 10.3 Å². The zero-order valence-corrected chi connectivity index (χ0v) is 12.3. The van der Waals surface area contributed by atoms with Crippen LogP contribution in [0.25, 0.3) is 0 Å². The van der Waals surface area contributed by atoms with Gasteiger partial charge in [0.05, 0.1) is 0 Å². The van der Waals surface area contributed by atoms with E-state index in [1.54, 1.807) is 12.1 Å². The second kappa shape index (κ2) is 5.49. The number of hydrogen-bond acceptors (Lipinski definition) is 4. The number of halogens is 2. The largest absolute Gasteiger partial charge is 0.339 e. The molecule has 2 aromatic rings. The lowest BCUT2D eigenvalue weighted by Crippen LogP contribution is -2.34. The molecule has 2 N–H and O–H groups in total. The van der Waals surface area contributed by atoms with Crippen molar-refractivity contribution in [2.75, 3.05) is 0 Å². The lowest BCUT2D eigenvalue weighted by molar-refractivity contribution is 0.345. The van der Waals surface area contributed by atoms with Gasteiger partial charge in [-0.05, 0) is 31.5 Å². The lowest BCUT2D eigenvalue weighted by atomic mass is 10.0.